The van der Waals surface area contributed by atoms with E-state index in [-0.39, 0.29) is 6.04 Å². The molecule has 0 radical (unpaired) electrons. The SMILES string of the molecule is CNC(c1ccc(Cl)cc1Br)c1cccc2ccncc12. The first-order valence-corrected chi connectivity index (χ1v) is 7.82. The number of aromatic nitrogens is 1. The van der Waals surface area contributed by atoms with Crippen molar-refractivity contribution >= 4 is 38.3 Å². The van der Waals surface area contributed by atoms with Gasteiger partial charge in [0.25, 0.3) is 0 Å². The molecule has 21 heavy (non-hydrogen) atoms. The highest BCUT2D eigenvalue weighted by Gasteiger charge is 2.17. The molecule has 1 unspecified atom stereocenters. The largest absolute Gasteiger partial charge is 0.309 e. The third-order valence-electron chi connectivity index (χ3n) is 3.59. The number of halogens is 2. The maximum absolute atomic E-state index is 6.05. The average molecular weight is 362 g/mol. The van der Waals surface area contributed by atoms with Crippen LogP contribution >= 0.6 is 27.5 Å². The predicted molar refractivity (Wildman–Crippen MR) is 91.8 cm³/mol. The van der Waals surface area contributed by atoms with Gasteiger partial charge in [0.15, 0.2) is 0 Å². The zero-order valence-corrected chi connectivity index (χ0v) is 13.8. The highest BCUT2D eigenvalue weighted by molar-refractivity contribution is 9.10. The summed E-state index contributed by atoms with van der Waals surface area (Å²) in [5, 5.41) is 6.45. The Morgan fingerprint density at radius 2 is 2.00 bits per heavy atom. The minimum absolute atomic E-state index is 0.0736. The van der Waals surface area contributed by atoms with Gasteiger partial charge in [-0.25, -0.2) is 0 Å². The van der Waals surface area contributed by atoms with E-state index < -0.39 is 0 Å². The molecular formula is C17H14BrClN2. The van der Waals surface area contributed by atoms with Crippen LogP contribution in [-0.4, -0.2) is 12.0 Å². The average Bonchev–Trinajstić information content (AvgIpc) is 2.50. The third-order valence-corrected chi connectivity index (χ3v) is 4.51. The maximum Gasteiger partial charge on any atom is 0.0592 e. The minimum atomic E-state index is 0.0736. The fraction of sp³-hybridized carbons (Fsp3) is 0.118. The normalized spacial score (nSPS) is 12.5. The molecule has 3 aromatic rings. The van der Waals surface area contributed by atoms with E-state index in [2.05, 4.69) is 44.4 Å². The van der Waals surface area contributed by atoms with Crippen molar-refractivity contribution < 1.29 is 0 Å². The van der Waals surface area contributed by atoms with Crippen molar-refractivity contribution in [2.75, 3.05) is 7.05 Å². The molecule has 3 rings (SSSR count). The van der Waals surface area contributed by atoms with Gasteiger partial charge in [0.1, 0.15) is 0 Å². The summed E-state index contributed by atoms with van der Waals surface area (Å²) in [6.07, 6.45) is 3.73. The Morgan fingerprint density at radius 3 is 2.76 bits per heavy atom. The fourth-order valence-corrected chi connectivity index (χ4v) is 3.51. The molecule has 0 fully saturated rings. The predicted octanol–water partition coefficient (Wildman–Crippen LogP) is 4.96. The molecule has 0 amide bonds. The van der Waals surface area contributed by atoms with Crippen LogP contribution in [0.4, 0.5) is 0 Å². The number of hydrogen-bond acceptors (Lipinski definition) is 2. The molecule has 106 valence electrons. The molecule has 1 N–H and O–H groups in total. The number of hydrogen-bond donors (Lipinski definition) is 1. The van der Waals surface area contributed by atoms with Crippen LogP contribution in [0.25, 0.3) is 10.8 Å². The Labute approximate surface area is 137 Å². The van der Waals surface area contributed by atoms with Gasteiger partial charge in [-0.2, -0.15) is 0 Å². The van der Waals surface area contributed by atoms with E-state index in [1.807, 2.05) is 43.7 Å². The molecule has 0 aliphatic heterocycles. The van der Waals surface area contributed by atoms with E-state index in [0.717, 1.165) is 20.4 Å². The summed E-state index contributed by atoms with van der Waals surface area (Å²) in [6.45, 7) is 0. The van der Waals surface area contributed by atoms with Gasteiger partial charge < -0.3 is 5.32 Å². The lowest BCUT2D eigenvalue weighted by Crippen LogP contribution is -2.18. The molecular weight excluding hydrogens is 348 g/mol. The molecule has 0 spiro atoms. The molecule has 0 bridgehead atoms. The second-order valence-corrected chi connectivity index (χ2v) is 6.12. The number of rotatable bonds is 3. The summed E-state index contributed by atoms with van der Waals surface area (Å²) in [5.74, 6) is 0. The van der Waals surface area contributed by atoms with Crippen molar-refractivity contribution in [3.05, 3.63) is 75.5 Å². The molecule has 1 heterocycles. The van der Waals surface area contributed by atoms with Crippen LogP contribution in [0, 0.1) is 0 Å². The molecule has 1 aromatic heterocycles. The van der Waals surface area contributed by atoms with Crippen LogP contribution in [0.1, 0.15) is 17.2 Å². The van der Waals surface area contributed by atoms with E-state index in [1.54, 1.807) is 0 Å². The van der Waals surface area contributed by atoms with E-state index in [9.17, 15) is 0 Å². The van der Waals surface area contributed by atoms with E-state index in [4.69, 9.17) is 11.6 Å². The highest BCUT2D eigenvalue weighted by Crippen LogP contribution is 2.33. The number of nitrogens with zero attached hydrogens (tertiary/aromatic N) is 1. The molecule has 0 aliphatic carbocycles. The topological polar surface area (TPSA) is 24.9 Å². The Bertz CT molecular complexity index is 783. The summed E-state index contributed by atoms with van der Waals surface area (Å²) in [4.78, 5) is 4.26. The molecule has 2 nitrogen and oxygen atoms in total. The number of benzene rings is 2. The molecule has 1 atom stereocenters. The summed E-state index contributed by atoms with van der Waals surface area (Å²) in [7, 11) is 1.96. The standard InChI is InChI=1S/C17H14BrClN2/c1-20-17(14-6-5-12(19)9-16(14)18)13-4-2-3-11-7-8-21-10-15(11)13/h2-10,17,20H,1H3. The van der Waals surface area contributed by atoms with Gasteiger partial charge in [0, 0.05) is 27.3 Å². The lowest BCUT2D eigenvalue weighted by molar-refractivity contribution is 0.694. The number of fused-ring (bicyclic) bond motifs is 1. The van der Waals surface area contributed by atoms with Gasteiger partial charge in [-0.15, -0.1) is 0 Å². The lowest BCUT2D eigenvalue weighted by Gasteiger charge is -2.20. The highest BCUT2D eigenvalue weighted by atomic mass is 79.9. The smallest absolute Gasteiger partial charge is 0.0592 e. The van der Waals surface area contributed by atoms with Crippen LogP contribution in [-0.2, 0) is 0 Å². The van der Waals surface area contributed by atoms with E-state index in [0.29, 0.717) is 0 Å². The Balaban J connectivity index is 2.18. The Hall–Kier alpha value is -1.42. The van der Waals surface area contributed by atoms with Crippen molar-refractivity contribution in [3.8, 4) is 0 Å². The second-order valence-electron chi connectivity index (χ2n) is 4.83. The van der Waals surface area contributed by atoms with E-state index >= 15 is 0 Å². The number of nitrogens with one attached hydrogen (secondary N) is 1. The number of pyridine rings is 1. The Kier molecular flexibility index (Phi) is 4.24. The zero-order chi connectivity index (χ0) is 14.8. The molecule has 0 saturated carbocycles. The third kappa shape index (κ3) is 2.82. The van der Waals surface area contributed by atoms with Crippen molar-refractivity contribution in [1.82, 2.24) is 10.3 Å². The Morgan fingerprint density at radius 1 is 1.14 bits per heavy atom. The monoisotopic (exact) mass is 360 g/mol. The summed E-state index contributed by atoms with van der Waals surface area (Å²) in [6, 6.07) is 14.3. The molecule has 0 saturated heterocycles. The van der Waals surface area contributed by atoms with Crippen LogP contribution in [0.2, 0.25) is 5.02 Å². The van der Waals surface area contributed by atoms with Crippen molar-refractivity contribution in [1.29, 1.82) is 0 Å². The van der Waals surface area contributed by atoms with Crippen molar-refractivity contribution in [3.63, 3.8) is 0 Å². The van der Waals surface area contributed by atoms with Gasteiger partial charge in [-0.05, 0) is 41.8 Å². The first kappa shape index (κ1) is 14.5. The maximum atomic E-state index is 6.05. The lowest BCUT2D eigenvalue weighted by atomic mass is 9.95. The summed E-state index contributed by atoms with van der Waals surface area (Å²) >= 11 is 9.66. The molecule has 2 aromatic carbocycles. The first-order valence-electron chi connectivity index (χ1n) is 6.65. The summed E-state index contributed by atoms with van der Waals surface area (Å²) < 4.78 is 0.996. The van der Waals surface area contributed by atoms with E-state index in [1.165, 1.54) is 10.9 Å². The van der Waals surface area contributed by atoms with Gasteiger partial charge >= 0.3 is 0 Å². The summed E-state index contributed by atoms with van der Waals surface area (Å²) in [5.41, 5.74) is 2.35. The first-order chi connectivity index (χ1) is 10.2. The molecule has 4 heteroatoms. The van der Waals surface area contributed by atoms with Crippen LogP contribution in [0.15, 0.2) is 59.3 Å². The van der Waals surface area contributed by atoms with Gasteiger partial charge in [0.05, 0.1) is 6.04 Å². The van der Waals surface area contributed by atoms with Crippen LogP contribution < -0.4 is 5.32 Å². The van der Waals surface area contributed by atoms with Crippen LogP contribution in [0.5, 0.6) is 0 Å². The van der Waals surface area contributed by atoms with Crippen molar-refractivity contribution in [2.24, 2.45) is 0 Å². The minimum Gasteiger partial charge on any atom is -0.309 e. The van der Waals surface area contributed by atoms with Crippen LogP contribution in [0.3, 0.4) is 0 Å². The zero-order valence-electron chi connectivity index (χ0n) is 11.5. The quantitative estimate of drug-likeness (QED) is 0.713. The molecule has 0 aliphatic rings. The fourth-order valence-electron chi connectivity index (χ4n) is 2.60. The van der Waals surface area contributed by atoms with Gasteiger partial charge in [-0.3, -0.25) is 4.98 Å². The second kappa shape index (κ2) is 6.14. The van der Waals surface area contributed by atoms with Gasteiger partial charge in [0.2, 0.25) is 0 Å². The van der Waals surface area contributed by atoms with Crippen molar-refractivity contribution in [2.45, 2.75) is 6.04 Å². The van der Waals surface area contributed by atoms with Gasteiger partial charge in [-0.1, -0.05) is 51.8 Å².